The smallest absolute Gasteiger partial charge is 0.129 e. The van der Waals surface area contributed by atoms with Crippen molar-refractivity contribution in [2.45, 2.75) is 20.8 Å². The van der Waals surface area contributed by atoms with E-state index in [1.165, 1.54) is 0 Å². The number of pyridine rings is 1. The van der Waals surface area contributed by atoms with Crippen LogP contribution in [0.4, 0.5) is 5.82 Å². The Bertz CT molecular complexity index is 434. The largest absolute Gasteiger partial charge is 0.389 e. The van der Waals surface area contributed by atoms with Crippen LogP contribution in [-0.2, 0) is 0 Å². The SMILES string of the molecule is Cc1cc(C(N)=S)cc(N2CC(C)C(C)C2)n1. The monoisotopic (exact) mass is 249 g/mol. The van der Waals surface area contributed by atoms with Crippen LogP contribution < -0.4 is 10.6 Å². The van der Waals surface area contributed by atoms with Crippen LogP contribution in [-0.4, -0.2) is 23.1 Å². The summed E-state index contributed by atoms with van der Waals surface area (Å²) in [5, 5.41) is 0. The summed E-state index contributed by atoms with van der Waals surface area (Å²) in [7, 11) is 0. The molecular weight excluding hydrogens is 230 g/mol. The highest BCUT2D eigenvalue weighted by molar-refractivity contribution is 7.80. The molecule has 0 amide bonds. The van der Waals surface area contributed by atoms with Gasteiger partial charge >= 0.3 is 0 Å². The van der Waals surface area contributed by atoms with Crippen molar-refractivity contribution >= 4 is 23.0 Å². The standard InChI is InChI=1S/C13H19N3S/c1-8-6-16(7-9(8)2)12-5-11(13(14)17)4-10(3)15-12/h4-5,8-9H,6-7H2,1-3H3,(H2,14,17). The minimum Gasteiger partial charge on any atom is -0.389 e. The van der Waals surface area contributed by atoms with Crippen molar-refractivity contribution < 1.29 is 0 Å². The molecule has 1 aromatic heterocycles. The highest BCUT2D eigenvalue weighted by Crippen LogP contribution is 2.27. The molecule has 92 valence electrons. The number of nitrogens with two attached hydrogens (primary N) is 1. The molecule has 2 unspecified atom stereocenters. The molecule has 1 aliphatic heterocycles. The zero-order valence-electron chi connectivity index (χ0n) is 10.6. The Morgan fingerprint density at radius 1 is 1.35 bits per heavy atom. The molecule has 2 atom stereocenters. The van der Waals surface area contributed by atoms with Gasteiger partial charge in [-0.1, -0.05) is 26.1 Å². The Kier molecular flexibility index (Phi) is 3.33. The highest BCUT2D eigenvalue weighted by Gasteiger charge is 2.27. The number of anilines is 1. The normalized spacial score (nSPS) is 24.1. The summed E-state index contributed by atoms with van der Waals surface area (Å²) >= 11 is 5.03. The summed E-state index contributed by atoms with van der Waals surface area (Å²) in [4.78, 5) is 7.34. The molecule has 1 saturated heterocycles. The second-order valence-corrected chi connectivity index (χ2v) is 5.52. The van der Waals surface area contributed by atoms with Crippen LogP contribution in [0.3, 0.4) is 0 Å². The van der Waals surface area contributed by atoms with E-state index in [0.717, 1.165) is 30.2 Å². The van der Waals surface area contributed by atoms with E-state index in [2.05, 4.69) is 23.7 Å². The van der Waals surface area contributed by atoms with Crippen LogP contribution in [0.25, 0.3) is 0 Å². The number of aromatic nitrogens is 1. The van der Waals surface area contributed by atoms with E-state index in [9.17, 15) is 0 Å². The second kappa shape index (κ2) is 4.61. The van der Waals surface area contributed by atoms with Gasteiger partial charge in [0.25, 0.3) is 0 Å². The number of rotatable bonds is 2. The fourth-order valence-corrected chi connectivity index (χ4v) is 2.39. The summed E-state index contributed by atoms with van der Waals surface area (Å²) in [6.45, 7) is 8.68. The van der Waals surface area contributed by atoms with Crippen molar-refractivity contribution in [2.75, 3.05) is 18.0 Å². The van der Waals surface area contributed by atoms with Gasteiger partial charge in [-0.15, -0.1) is 0 Å². The lowest BCUT2D eigenvalue weighted by molar-refractivity contribution is 0.494. The molecule has 1 fully saturated rings. The minimum atomic E-state index is 0.442. The predicted molar refractivity (Wildman–Crippen MR) is 75.4 cm³/mol. The average Bonchev–Trinajstić information content (AvgIpc) is 2.58. The van der Waals surface area contributed by atoms with Gasteiger partial charge in [-0.3, -0.25) is 0 Å². The molecule has 1 aliphatic rings. The summed E-state index contributed by atoms with van der Waals surface area (Å²) in [5.74, 6) is 2.43. The molecule has 0 aliphatic carbocycles. The molecule has 0 saturated carbocycles. The molecule has 0 spiro atoms. The van der Waals surface area contributed by atoms with Gasteiger partial charge < -0.3 is 10.6 Å². The van der Waals surface area contributed by atoms with Gasteiger partial charge in [0.05, 0.1) is 0 Å². The summed E-state index contributed by atoms with van der Waals surface area (Å²) in [5.41, 5.74) is 7.57. The fourth-order valence-electron chi connectivity index (χ4n) is 2.27. The number of aryl methyl sites for hydroxylation is 1. The Balaban J connectivity index is 2.30. The first-order valence-electron chi connectivity index (χ1n) is 6.01. The number of hydrogen-bond acceptors (Lipinski definition) is 3. The van der Waals surface area contributed by atoms with Crippen LogP contribution in [0.2, 0.25) is 0 Å². The molecule has 3 nitrogen and oxygen atoms in total. The number of thiocarbonyl (C=S) groups is 1. The molecule has 2 N–H and O–H groups in total. The van der Waals surface area contributed by atoms with Gasteiger partial charge in [0.15, 0.2) is 0 Å². The van der Waals surface area contributed by atoms with Crippen LogP contribution >= 0.6 is 12.2 Å². The molecule has 1 aromatic rings. The first-order valence-corrected chi connectivity index (χ1v) is 6.41. The molecule has 0 bridgehead atoms. The van der Waals surface area contributed by atoms with Crippen molar-refractivity contribution in [2.24, 2.45) is 17.6 Å². The van der Waals surface area contributed by atoms with Gasteiger partial charge in [0, 0.05) is 24.3 Å². The first kappa shape index (κ1) is 12.3. The van der Waals surface area contributed by atoms with Crippen molar-refractivity contribution in [1.29, 1.82) is 0 Å². The Labute approximate surface area is 108 Å². The molecule has 2 heterocycles. The number of hydrogen-bond donors (Lipinski definition) is 1. The van der Waals surface area contributed by atoms with Crippen molar-refractivity contribution in [3.05, 3.63) is 23.4 Å². The van der Waals surface area contributed by atoms with Gasteiger partial charge in [-0.05, 0) is 30.9 Å². The van der Waals surface area contributed by atoms with E-state index >= 15 is 0 Å². The quantitative estimate of drug-likeness (QED) is 0.815. The molecule has 2 rings (SSSR count). The van der Waals surface area contributed by atoms with E-state index in [4.69, 9.17) is 18.0 Å². The lowest BCUT2D eigenvalue weighted by Gasteiger charge is -2.18. The van der Waals surface area contributed by atoms with E-state index < -0.39 is 0 Å². The van der Waals surface area contributed by atoms with Crippen LogP contribution in [0.1, 0.15) is 25.1 Å². The summed E-state index contributed by atoms with van der Waals surface area (Å²) in [6.07, 6.45) is 0. The first-order chi connectivity index (χ1) is 7.97. The lowest BCUT2D eigenvalue weighted by atomic mass is 10.0. The zero-order valence-corrected chi connectivity index (χ0v) is 11.4. The second-order valence-electron chi connectivity index (χ2n) is 5.08. The van der Waals surface area contributed by atoms with Crippen molar-refractivity contribution in [1.82, 2.24) is 4.98 Å². The summed E-state index contributed by atoms with van der Waals surface area (Å²) < 4.78 is 0. The van der Waals surface area contributed by atoms with Crippen LogP contribution in [0.5, 0.6) is 0 Å². The maximum Gasteiger partial charge on any atom is 0.129 e. The molecular formula is C13H19N3S. The van der Waals surface area contributed by atoms with Gasteiger partial charge in [-0.2, -0.15) is 0 Å². The van der Waals surface area contributed by atoms with Gasteiger partial charge in [0.1, 0.15) is 10.8 Å². The Hall–Kier alpha value is -1.16. The number of nitrogens with zero attached hydrogens (tertiary/aromatic N) is 2. The third-order valence-electron chi connectivity index (χ3n) is 3.54. The van der Waals surface area contributed by atoms with Crippen LogP contribution in [0, 0.1) is 18.8 Å². The van der Waals surface area contributed by atoms with E-state index in [1.807, 2.05) is 19.1 Å². The molecule has 17 heavy (non-hydrogen) atoms. The Morgan fingerprint density at radius 2 is 1.94 bits per heavy atom. The Morgan fingerprint density at radius 3 is 2.47 bits per heavy atom. The lowest BCUT2D eigenvalue weighted by Crippen LogP contribution is -2.22. The van der Waals surface area contributed by atoms with E-state index in [0.29, 0.717) is 16.8 Å². The zero-order chi connectivity index (χ0) is 12.6. The fraction of sp³-hybridized carbons (Fsp3) is 0.538. The van der Waals surface area contributed by atoms with Gasteiger partial charge in [0.2, 0.25) is 0 Å². The van der Waals surface area contributed by atoms with E-state index in [1.54, 1.807) is 0 Å². The predicted octanol–water partition coefficient (Wildman–Crippen LogP) is 2.12. The van der Waals surface area contributed by atoms with Crippen molar-refractivity contribution in [3.8, 4) is 0 Å². The maximum atomic E-state index is 5.69. The molecule has 0 radical (unpaired) electrons. The molecule has 4 heteroatoms. The van der Waals surface area contributed by atoms with E-state index in [-0.39, 0.29) is 0 Å². The highest BCUT2D eigenvalue weighted by atomic mass is 32.1. The minimum absolute atomic E-state index is 0.442. The third-order valence-corrected chi connectivity index (χ3v) is 3.77. The van der Waals surface area contributed by atoms with Crippen molar-refractivity contribution in [3.63, 3.8) is 0 Å². The molecule has 0 aromatic carbocycles. The topological polar surface area (TPSA) is 42.1 Å². The average molecular weight is 249 g/mol. The third kappa shape index (κ3) is 2.57. The van der Waals surface area contributed by atoms with Crippen LogP contribution in [0.15, 0.2) is 12.1 Å². The maximum absolute atomic E-state index is 5.69. The summed E-state index contributed by atoms with van der Waals surface area (Å²) in [6, 6.07) is 3.94. The van der Waals surface area contributed by atoms with Gasteiger partial charge in [-0.25, -0.2) is 4.98 Å².